The lowest BCUT2D eigenvalue weighted by Crippen LogP contribution is -2.54. The number of β-amino-alcohol motifs (C(OH)–C–C–N with tert-alkyl or cyclic N) is 1. The van der Waals surface area contributed by atoms with Crippen molar-refractivity contribution in [1.29, 1.82) is 0 Å². The van der Waals surface area contributed by atoms with Gasteiger partial charge in [-0.1, -0.05) is 24.3 Å². The Morgan fingerprint density at radius 3 is 2.53 bits per heavy atom. The number of aliphatic hydroxyl groups excluding tert-OH is 1. The van der Waals surface area contributed by atoms with Crippen LogP contribution in [0.25, 0.3) is 5.70 Å². The Bertz CT molecular complexity index is 1280. The number of aliphatic hydroxyl groups is 1. The SMILES string of the molecule is O=C(Nc1cccc2c1C(=O)C1=C(c3ccc(N4CCNCC4)cc3)N=NC12)NN1CCN(CCO)CC1. The van der Waals surface area contributed by atoms with Gasteiger partial charge in [0, 0.05) is 70.2 Å². The lowest BCUT2D eigenvalue weighted by atomic mass is 10.0. The molecule has 6 rings (SSSR count). The van der Waals surface area contributed by atoms with Crippen molar-refractivity contribution in [3.8, 4) is 0 Å². The quantitative estimate of drug-likeness (QED) is 0.462. The lowest BCUT2D eigenvalue weighted by molar-refractivity contribution is 0.0881. The van der Waals surface area contributed by atoms with E-state index in [0.717, 1.165) is 56.1 Å². The molecule has 1 unspecified atom stereocenters. The average Bonchev–Trinajstić information content (AvgIpc) is 3.51. The molecule has 4 N–H and O–H groups in total. The topological polar surface area (TPSA) is 125 Å². The number of azo groups is 1. The van der Waals surface area contributed by atoms with Crippen molar-refractivity contribution in [2.75, 3.05) is 75.7 Å². The molecule has 2 aromatic carbocycles. The molecule has 2 fully saturated rings. The zero-order valence-electron chi connectivity index (χ0n) is 21.2. The molecule has 0 radical (unpaired) electrons. The van der Waals surface area contributed by atoms with Crippen molar-refractivity contribution in [3.05, 3.63) is 64.7 Å². The van der Waals surface area contributed by atoms with Gasteiger partial charge < -0.3 is 20.6 Å². The first-order valence-corrected chi connectivity index (χ1v) is 13.2. The molecule has 198 valence electrons. The molecule has 2 amide bonds. The van der Waals surface area contributed by atoms with Crippen molar-refractivity contribution >= 4 is 28.9 Å². The molecule has 3 aliphatic heterocycles. The highest BCUT2D eigenvalue weighted by Crippen LogP contribution is 2.49. The number of nitrogens with one attached hydrogen (secondary N) is 3. The summed E-state index contributed by atoms with van der Waals surface area (Å²) in [6, 6.07) is 12.8. The van der Waals surface area contributed by atoms with Crippen molar-refractivity contribution in [1.82, 2.24) is 20.7 Å². The second-order valence-electron chi connectivity index (χ2n) is 9.88. The van der Waals surface area contributed by atoms with Gasteiger partial charge in [0.05, 0.1) is 23.4 Å². The Morgan fingerprint density at radius 1 is 1.03 bits per heavy atom. The van der Waals surface area contributed by atoms with E-state index in [1.54, 1.807) is 6.07 Å². The fourth-order valence-corrected chi connectivity index (χ4v) is 5.58. The highest BCUT2D eigenvalue weighted by atomic mass is 16.3. The monoisotopic (exact) mass is 516 g/mol. The van der Waals surface area contributed by atoms with Crippen LogP contribution in [0, 0.1) is 0 Å². The molecule has 3 heterocycles. The van der Waals surface area contributed by atoms with E-state index in [1.807, 2.05) is 29.3 Å². The number of nitrogens with zero attached hydrogens (tertiary/aromatic N) is 5. The number of piperazine rings is 2. The number of ketones is 1. The smallest absolute Gasteiger partial charge is 0.333 e. The number of hydrogen-bond donors (Lipinski definition) is 4. The summed E-state index contributed by atoms with van der Waals surface area (Å²) in [5.41, 5.74) is 7.75. The summed E-state index contributed by atoms with van der Waals surface area (Å²) in [4.78, 5) is 31.0. The van der Waals surface area contributed by atoms with Crippen LogP contribution in [0.4, 0.5) is 16.2 Å². The number of hydrogen-bond acceptors (Lipinski definition) is 9. The molecule has 0 aromatic heterocycles. The number of rotatable bonds is 6. The number of carbonyl (C=O) groups is 2. The number of benzene rings is 2. The van der Waals surface area contributed by atoms with Gasteiger partial charge in [-0.3, -0.25) is 15.1 Å². The molecular formula is C27H32N8O3. The number of amides is 2. The molecule has 11 nitrogen and oxygen atoms in total. The predicted molar refractivity (Wildman–Crippen MR) is 144 cm³/mol. The molecule has 11 heteroatoms. The van der Waals surface area contributed by atoms with Crippen LogP contribution in [0.2, 0.25) is 0 Å². The summed E-state index contributed by atoms with van der Waals surface area (Å²) >= 11 is 0. The van der Waals surface area contributed by atoms with Crippen LogP contribution in [0.5, 0.6) is 0 Å². The molecule has 1 atom stereocenters. The Morgan fingerprint density at radius 2 is 1.79 bits per heavy atom. The first-order valence-electron chi connectivity index (χ1n) is 13.2. The molecule has 0 bridgehead atoms. The largest absolute Gasteiger partial charge is 0.395 e. The van der Waals surface area contributed by atoms with Crippen LogP contribution < -0.4 is 21.0 Å². The standard InChI is InChI=1S/C27H32N8O3/c36-17-16-33-12-14-35(15-13-33)32-27(38)29-21-3-1-2-20-22(21)26(37)23-24(30-31-25(20)23)18-4-6-19(7-5-18)34-10-8-28-9-11-34/h1-7,25,28,36H,8-17H2,(H2,29,32,38). The van der Waals surface area contributed by atoms with Crippen LogP contribution in [0.1, 0.15) is 27.5 Å². The van der Waals surface area contributed by atoms with Crippen LogP contribution >= 0.6 is 0 Å². The third kappa shape index (κ3) is 4.69. The molecule has 0 saturated carbocycles. The van der Waals surface area contributed by atoms with Crippen molar-refractivity contribution in [3.63, 3.8) is 0 Å². The number of Topliss-reactive ketones (excluding diaryl/α,β-unsaturated/α-hetero) is 1. The van der Waals surface area contributed by atoms with E-state index in [-0.39, 0.29) is 12.4 Å². The van der Waals surface area contributed by atoms with Gasteiger partial charge in [0.25, 0.3) is 0 Å². The zero-order valence-corrected chi connectivity index (χ0v) is 21.2. The normalized spacial score (nSPS) is 21.6. The van der Waals surface area contributed by atoms with Crippen LogP contribution in [-0.4, -0.2) is 92.3 Å². The molecule has 4 aliphatic rings. The summed E-state index contributed by atoms with van der Waals surface area (Å²) in [6.45, 7) is 7.47. The van der Waals surface area contributed by atoms with E-state index >= 15 is 0 Å². The molecule has 0 spiro atoms. The van der Waals surface area contributed by atoms with Crippen LogP contribution in [0.3, 0.4) is 0 Å². The van der Waals surface area contributed by atoms with E-state index in [4.69, 9.17) is 5.11 Å². The van der Waals surface area contributed by atoms with E-state index in [9.17, 15) is 9.59 Å². The highest BCUT2D eigenvalue weighted by molar-refractivity contribution is 6.22. The minimum atomic E-state index is -0.454. The van der Waals surface area contributed by atoms with Crippen molar-refractivity contribution in [2.45, 2.75) is 6.04 Å². The Kier molecular flexibility index (Phi) is 6.90. The van der Waals surface area contributed by atoms with Gasteiger partial charge in [0.2, 0.25) is 0 Å². The van der Waals surface area contributed by atoms with Crippen LogP contribution in [0.15, 0.2) is 58.3 Å². The third-order valence-corrected chi connectivity index (χ3v) is 7.58. The average molecular weight is 517 g/mol. The predicted octanol–water partition coefficient (Wildman–Crippen LogP) is 1.86. The summed E-state index contributed by atoms with van der Waals surface area (Å²) in [5.74, 6) is -0.148. The van der Waals surface area contributed by atoms with Gasteiger partial charge in [0.1, 0.15) is 11.7 Å². The van der Waals surface area contributed by atoms with Crippen LogP contribution in [-0.2, 0) is 0 Å². The van der Waals surface area contributed by atoms with Gasteiger partial charge >= 0.3 is 6.03 Å². The number of fused-ring (bicyclic) bond motifs is 3. The molecular weight excluding hydrogens is 484 g/mol. The van der Waals surface area contributed by atoms with Gasteiger partial charge in [-0.15, -0.1) is 0 Å². The lowest BCUT2D eigenvalue weighted by Gasteiger charge is -2.34. The summed E-state index contributed by atoms with van der Waals surface area (Å²) < 4.78 is 0. The molecule has 2 saturated heterocycles. The summed E-state index contributed by atoms with van der Waals surface area (Å²) in [6.07, 6.45) is 0. The first kappa shape index (κ1) is 24.7. The van der Waals surface area contributed by atoms with Crippen molar-refractivity contribution < 1.29 is 14.7 Å². The Balaban J connectivity index is 1.18. The van der Waals surface area contributed by atoms with E-state index in [2.05, 4.69) is 48.2 Å². The maximum Gasteiger partial charge on any atom is 0.333 e. The number of urea groups is 1. The van der Waals surface area contributed by atoms with E-state index < -0.39 is 12.1 Å². The second-order valence-corrected chi connectivity index (χ2v) is 9.88. The van der Waals surface area contributed by atoms with E-state index in [0.29, 0.717) is 42.2 Å². The fraction of sp³-hybridized carbons (Fsp3) is 0.407. The molecule has 38 heavy (non-hydrogen) atoms. The van der Waals surface area contributed by atoms with Gasteiger partial charge in [0.15, 0.2) is 5.78 Å². The van der Waals surface area contributed by atoms with Crippen molar-refractivity contribution in [2.24, 2.45) is 10.2 Å². The third-order valence-electron chi connectivity index (χ3n) is 7.58. The number of anilines is 2. The molecule has 1 aliphatic carbocycles. The van der Waals surface area contributed by atoms with Gasteiger partial charge in [-0.25, -0.2) is 9.80 Å². The summed E-state index contributed by atoms with van der Waals surface area (Å²) in [7, 11) is 0. The maximum absolute atomic E-state index is 13.7. The number of carbonyl (C=O) groups excluding carboxylic acids is 2. The second kappa shape index (κ2) is 10.6. The maximum atomic E-state index is 13.7. The summed E-state index contributed by atoms with van der Waals surface area (Å²) in [5, 5.41) is 26.0. The van der Waals surface area contributed by atoms with E-state index in [1.165, 1.54) is 0 Å². The first-order chi connectivity index (χ1) is 18.6. The Hall–Kier alpha value is -3.64. The highest BCUT2D eigenvalue weighted by Gasteiger charge is 2.42. The fourth-order valence-electron chi connectivity index (χ4n) is 5.58. The minimum absolute atomic E-state index is 0.127. The minimum Gasteiger partial charge on any atom is -0.395 e. The van der Waals surface area contributed by atoms with Gasteiger partial charge in [-0.2, -0.15) is 10.2 Å². The molecule has 2 aromatic rings. The van der Waals surface area contributed by atoms with Gasteiger partial charge in [-0.05, 0) is 23.8 Å². The Labute approximate surface area is 221 Å². The zero-order chi connectivity index (χ0) is 26.1. The number of hydrazine groups is 1.